The van der Waals surface area contributed by atoms with E-state index in [-0.39, 0.29) is 19.2 Å². The molecule has 4 atom stereocenters. The molecule has 1 fully saturated rings. The van der Waals surface area contributed by atoms with Crippen LogP contribution in [0, 0.1) is 5.92 Å². The van der Waals surface area contributed by atoms with Crippen LogP contribution in [0.4, 0.5) is 0 Å². The van der Waals surface area contributed by atoms with Crippen LogP contribution >= 0.6 is 8.58 Å². The molecule has 0 aliphatic heterocycles. The molecule has 1 saturated carbocycles. The molecule has 3 aliphatic rings. The molecular formula is C25H25PTi. The molecule has 0 radical (unpaired) electrons. The van der Waals surface area contributed by atoms with Gasteiger partial charge < -0.3 is 0 Å². The van der Waals surface area contributed by atoms with Gasteiger partial charge in [0.05, 0.1) is 0 Å². The van der Waals surface area contributed by atoms with E-state index in [1.165, 1.54) is 30.1 Å². The maximum absolute atomic E-state index is 2.46. The van der Waals surface area contributed by atoms with Gasteiger partial charge in [-0.1, -0.05) is 0 Å². The third-order valence-electron chi connectivity index (χ3n) is 6.30. The van der Waals surface area contributed by atoms with Gasteiger partial charge in [0.1, 0.15) is 0 Å². The molecule has 0 nitrogen and oxygen atoms in total. The van der Waals surface area contributed by atoms with E-state index in [0.717, 1.165) is 22.9 Å². The summed E-state index contributed by atoms with van der Waals surface area (Å²) in [5.74, 6) is 0.857. The zero-order valence-corrected chi connectivity index (χ0v) is 18.3. The summed E-state index contributed by atoms with van der Waals surface area (Å²) in [6.45, 7) is 2.43. The fraction of sp³-hybridized carbons (Fsp3) is 0.280. The van der Waals surface area contributed by atoms with Crippen LogP contribution in [0.1, 0.15) is 41.5 Å². The van der Waals surface area contributed by atoms with Crippen molar-refractivity contribution in [3.8, 4) is 0 Å². The van der Waals surface area contributed by atoms with Gasteiger partial charge in [0.25, 0.3) is 0 Å². The standard InChI is InChI=1S/C16H14P.C9H11.Ti/c1-12-11-13-7-5-6-10-15(13)16(12)17-14-8-3-2-4-9-14;1-2-5-9-7-3-6-8(9)4-1;/h2-11,17H,1H3;1-2,4,6,9H,3,5,7H2;. The first kappa shape index (κ1) is 17.9. The molecule has 0 aromatic heterocycles. The second kappa shape index (κ2) is 7.67. The first-order valence-corrected chi connectivity index (χ1v) is 12.9. The predicted octanol–water partition coefficient (Wildman–Crippen LogP) is 6.64. The van der Waals surface area contributed by atoms with Crippen molar-refractivity contribution in [3.63, 3.8) is 0 Å². The van der Waals surface area contributed by atoms with Crippen LogP contribution in [-0.4, -0.2) is 0 Å². The first-order chi connectivity index (χ1) is 13.3. The zero-order chi connectivity index (χ0) is 18.2. The Morgan fingerprint density at radius 3 is 2.67 bits per heavy atom. The van der Waals surface area contributed by atoms with Gasteiger partial charge in [-0.15, -0.1) is 0 Å². The summed E-state index contributed by atoms with van der Waals surface area (Å²) < 4.78 is 1.62. The number of benzene rings is 2. The van der Waals surface area contributed by atoms with Gasteiger partial charge in [-0.3, -0.25) is 0 Å². The Morgan fingerprint density at radius 1 is 0.963 bits per heavy atom. The van der Waals surface area contributed by atoms with Crippen molar-refractivity contribution in [1.82, 2.24) is 0 Å². The number of allylic oxidation sites excluding steroid dienone is 5. The average molecular weight is 404 g/mol. The minimum absolute atomic E-state index is 0.0814. The normalized spacial score (nSPS) is 26.4. The average Bonchev–Trinajstić information content (AvgIpc) is 3.24. The first-order valence-electron chi connectivity index (χ1n) is 10.1. The zero-order valence-electron chi connectivity index (χ0n) is 15.8. The van der Waals surface area contributed by atoms with Gasteiger partial charge in [0, 0.05) is 0 Å². The fourth-order valence-electron chi connectivity index (χ4n) is 4.91. The summed E-state index contributed by atoms with van der Waals surface area (Å²) in [5.41, 5.74) is 6.64. The Balaban J connectivity index is 1.47. The van der Waals surface area contributed by atoms with E-state index in [4.69, 9.17) is 0 Å². The second-order valence-electron chi connectivity index (χ2n) is 7.89. The molecule has 5 rings (SSSR count). The van der Waals surface area contributed by atoms with Crippen molar-refractivity contribution in [2.75, 3.05) is 0 Å². The molecule has 0 N–H and O–H groups in total. The van der Waals surface area contributed by atoms with Crippen molar-refractivity contribution in [3.05, 3.63) is 95.1 Å². The van der Waals surface area contributed by atoms with E-state index in [1.54, 1.807) is 22.0 Å². The van der Waals surface area contributed by atoms with E-state index in [1.807, 2.05) is 0 Å². The van der Waals surface area contributed by atoms with Crippen molar-refractivity contribution in [1.29, 1.82) is 0 Å². The van der Waals surface area contributed by atoms with Gasteiger partial charge in [0.2, 0.25) is 0 Å². The van der Waals surface area contributed by atoms with E-state index in [9.17, 15) is 0 Å². The van der Waals surface area contributed by atoms with Crippen LogP contribution in [0.5, 0.6) is 0 Å². The molecule has 0 spiro atoms. The van der Waals surface area contributed by atoms with Crippen molar-refractivity contribution < 1.29 is 19.2 Å². The summed E-state index contributed by atoms with van der Waals surface area (Å²) in [7, 11) is 0.779. The van der Waals surface area contributed by atoms with Crippen LogP contribution < -0.4 is 5.30 Å². The molecule has 134 valence electrons. The van der Waals surface area contributed by atoms with Gasteiger partial charge in [0.15, 0.2) is 0 Å². The Kier molecular flexibility index (Phi) is 5.08. The molecule has 4 unspecified atom stereocenters. The number of fused-ring (bicyclic) bond motifs is 2. The molecule has 2 heteroatoms. The summed E-state index contributed by atoms with van der Waals surface area (Å²) in [4.78, 5) is 0. The van der Waals surface area contributed by atoms with E-state index in [0.29, 0.717) is 0 Å². The molecule has 3 aliphatic carbocycles. The van der Waals surface area contributed by atoms with Crippen LogP contribution in [0.15, 0.2) is 84.0 Å². The Morgan fingerprint density at radius 2 is 1.78 bits per heavy atom. The van der Waals surface area contributed by atoms with Crippen molar-refractivity contribution >= 4 is 19.2 Å². The molecule has 0 saturated heterocycles. The van der Waals surface area contributed by atoms with Crippen LogP contribution in [-0.2, 0) is 19.2 Å². The van der Waals surface area contributed by atoms with Gasteiger partial charge in [-0.05, 0) is 0 Å². The number of rotatable bonds is 4. The van der Waals surface area contributed by atoms with Gasteiger partial charge in [-0.2, -0.15) is 0 Å². The van der Waals surface area contributed by atoms with E-state index >= 15 is 0 Å². The van der Waals surface area contributed by atoms with E-state index in [2.05, 4.69) is 79.7 Å². The molecule has 2 aromatic carbocycles. The van der Waals surface area contributed by atoms with Crippen LogP contribution in [0.25, 0.3) is 5.31 Å². The molecule has 0 amide bonds. The molecule has 27 heavy (non-hydrogen) atoms. The monoisotopic (exact) mass is 404 g/mol. The topological polar surface area (TPSA) is 0 Å². The van der Waals surface area contributed by atoms with Crippen molar-refractivity contribution in [2.24, 2.45) is 5.92 Å². The van der Waals surface area contributed by atoms with Gasteiger partial charge >= 0.3 is 174 Å². The SMILES string of the molecule is CC1=C(Pc2ccccc2)c2ccccc2[CH]1[Ti][CH]1CCC2CC=CC=C21. The predicted molar refractivity (Wildman–Crippen MR) is 114 cm³/mol. The van der Waals surface area contributed by atoms with Crippen LogP contribution in [0.3, 0.4) is 0 Å². The summed E-state index contributed by atoms with van der Waals surface area (Å²) in [5, 5.41) is 3.08. The summed E-state index contributed by atoms with van der Waals surface area (Å²) in [6, 6.07) is 20.3. The third-order valence-corrected chi connectivity index (χ3v) is 11.1. The third kappa shape index (κ3) is 3.38. The molecule has 0 heterocycles. The Hall–Kier alpha value is -1.20. The Labute approximate surface area is 173 Å². The molecular weight excluding hydrogens is 379 g/mol. The maximum atomic E-state index is 2.46. The van der Waals surface area contributed by atoms with Gasteiger partial charge in [-0.25, -0.2) is 0 Å². The molecule has 0 bridgehead atoms. The second-order valence-corrected chi connectivity index (χ2v) is 11.7. The fourth-order valence-corrected chi connectivity index (χ4v) is 9.74. The minimum atomic E-state index is -0.0814. The summed E-state index contributed by atoms with van der Waals surface area (Å²) in [6.07, 6.45) is 11.3. The van der Waals surface area contributed by atoms with Crippen molar-refractivity contribution in [2.45, 2.75) is 34.6 Å². The van der Waals surface area contributed by atoms with E-state index < -0.39 is 0 Å². The molecule has 2 aromatic rings. The van der Waals surface area contributed by atoms with Crippen LogP contribution in [0.2, 0.25) is 4.22 Å². The Bertz CT molecular complexity index is 938. The quantitative estimate of drug-likeness (QED) is 0.396. The number of hydrogen-bond acceptors (Lipinski definition) is 0. The number of hydrogen-bond donors (Lipinski definition) is 0. The summed E-state index contributed by atoms with van der Waals surface area (Å²) >= 11 is -0.0814.